The summed E-state index contributed by atoms with van der Waals surface area (Å²) in [5.74, 6) is 0.764. The Labute approximate surface area is 284 Å². The molecule has 0 unspecified atom stereocenters. The summed E-state index contributed by atoms with van der Waals surface area (Å²) in [6.07, 6.45) is 12.9. The number of ether oxygens (including phenoxy) is 4. The Kier molecular flexibility index (Phi) is 16.7. The Balaban J connectivity index is 1.41. The van der Waals surface area contributed by atoms with E-state index in [1.165, 1.54) is 56.9 Å². The standard InChI is InChI=1S/C39H48O7S/c1-5-6-7-8-9-10-11-12-15-30-16-21-33(22-17-30)45-38(41)31-18-23-34(24-19-31)46-39(42)32-20-25-36(35(28-32)43-4)47-27-14-13-26-44-37(40)29(2)3/h16-25,28H,2,5-15,26-27H2,1,3-4H3. The summed E-state index contributed by atoms with van der Waals surface area (Å²) in [7, 11) is 1.55. The number of thioether (sulfide) groups is 1. The summed E-state index contributed by atoms with van der Waals surface area (Å²) in [5, 5.41) is 0. The third-order valence-corrected chi connectivity index (χ3v) is 8.67. The van der Waals surface area contributed by atoms with E-state index in [0.29, 0.717) is 40.6 Å². The van der Waals surface area contributed by atoms with E-state index in [1.807, 2.05) is 30.3 Å². The number of hydrogen-bond donors (Lipinski definition) is 0. The van der Waals surface area contributed by atoms with E-state index in [1.54, 1.807) is 62.2 Å². The Hall–Kier alpha value is -4.04. The van der Waals surface area contributed by atoms with Crippen LogP contribution in [0.25, 0.3) is 0 Å². The van der Waals surface area contributed by atoms with Gasteiger partial charge in [0.05, 0.1) is 24.8 Å². The first kappa shape index (κ1) is 37.4. The summed E-state index contributed by atoms with van der Waals surface area (Å²) in [4.78, 5) is 37.9. The first-order chi connectivity index (χ1) is 22.8. The van der Waals surface area contributed by atoms with Crippen molar-refractivity contribution in [2.24, 2.45) is 0 Å². The van der Waals surface area contributed by atoms with Gasteiger partial charge in [-0.15, -0.1) is 11.8 Å². The molecule has 3 aromatic carbocycles. The van der Waals surface area contributed by atoms with Crippen molar-refractivity contribution in [2.45, 2.75) is 89.4 Å². The van der Waals surface area contributed by atoms with Gasteiger partial charge in [-0.3, -0.25) is 0 Å². The van der Waals surface area contributed by atoms with E-state index >= 15 is 0 Å². The Morgan fingerprint density at radius 3 is 1.89 bits per heavy atom. The van der Waals surface area contributed by atoms with E-state index in [2.05, 4.69) is 13.5 Å². The van der Waals surface area contributed by atoms with Gasteiger partial charge in [0.1, 0.15) is 17.2 Å². The number of methoxy groups -OCH3 is 1. The van der Waals surface area contributed by atoms with Gasteiger partial charge in [0.15, 0.2) is 0 Å². The zero-order valence-electron chi connectivity index (χ0n) is 28.0. The van der Waals surface area contributed by atoms with Crippen molar-refractivity contribution in [3.8, 4) is 17.2 Å². The number of rotatable bonds is 21. The topological polar surface area (TPSA) is 88.1 Å². The number of carbonyl (C=O) groups is 3. The molecule has 0 bridgehead atoms. The largest absolute Gasteiger partial charge is 0.496 e. The van der Waals surface area contributed by atoms with E-state index in [4.69, 9.17) is 18.9 Å². The molecule has 0 saturated carbocycles. The first-order valence-corrected chi connectivity index (χ1v) is 17.6. The second-order valence-corrected chi connectivity index (χ2v) is 12.6. The molecular formula is C39H48O7S. The van der Waals surface area contributed by atoms with E-state index < -0.39 is 11.9 Å². The third-order valence-electron chi connectivity index (χ3n) is 7.53. The van der Waals surface area contributed by atoms with Crippen molar-refractivity contribution >= 4 is 29.7 Å². The van der Waals surface area contributed by atoms with E-state index in [9.17, 15) is 14.4 Å². The summed E-state index contributed by atoms with van der Waals surface area (Å²) in [6.45, 7) is 7.78. The number of unbranched alkanes of at least 4 members (excludes halogenated alkanes) is 8. The molecule has 0 radical (unpaired) electrons. The van der Waals surface area contributed by atoms with Crippen molar-refractivity contribution in [1.29, 1.82) is 0 Å². The molecule has 0 amide bonds. The lowest BCUT2D eigenvalue weighted by Gasteiger charge is -2.11. The van der Waals surface area contributed by atoms with Crippen LogP contribution in [-0.2, 0) is 16.0 Å². The maximum atomic E-state index is 12.8. The van der Waals surface area contributed by atoms with Gasteiger partial charge in [0, 0.05) is 10.5 Å². The highest BCUT2D eigenvalue weighted by molar-refractivity contribution is 7.99. The van der Waals surface area contributed by atoms with Crippen LogP contribution < -0.4 is 14.2 Å². The molecule has 47 heavy (non-hydrogen) atoms. The molecule has 0 aromatic heterocycles. The fraction of sp³-hybridized carbons (Fsp3) is 0.410. The molecule has 0 aliphatic carbocycles. The highest BCUT2D eigenvalue weighted by Crippen LogP contribution is 2.31. The van der Waals surface area contributed by atoms with Crippen LogP contribution >= 0.6 is 11.8 Å². The van der Waals surface area contributed by atoms with Crippen molar-refractivity contribution < 1.29 is 33.3 Å². The molecule has 3 aromatic rings. The number of carbonyl (C=O) groups excluding carboxylic acids is 3. The Morgan fingerprint density at radius 2 is 1.28 bits per heavy atom. The number of esters is 3. The van der Waals surface area contributed by atoms with Gasteiger partial charge in [0.25, 0.3) is 0 Å². The summed E-state index contributed by atoms with van der Waals surface area (Å²) < 4.78 is 21.7. The van der Waals surface area contributed by atoms with Crippen molar-refractivity contribution in [2.75, 3.05) is 19.5 Å². The smallest absolute Gasteiger partial charge is 0.343 e. The highest BCUT2D eigenvalue weighted by Gasteiger charge is 2.15. The molecule has 0 N–H and O–H groups in total. The molecule has 0 atom stereocenters. The Bertz CT molecular complexity index is 1430. The maximum Gasteiger partial charge on any atom is 0.343 e. The van der Waals surface area contributed by atoms with Gasteiger partial charge in [-0.05, 0) is 98.5 Å². The second-order valence-electron chi connectivity index (χ2n) is 11.5. The average Bonchev–Trinajstić information content (AvgIpc) is 3.08. The molecule has 0 aliphatic heterocycles. The molecular weight excluding hydrogens is 612 g/mol. The minimum Gasteiger partial charge on any atom is -0.496 e. The number of aryl methyl sites for hydroxylation is 1. The normalized spacial score (nSPS) is 10.7. The van der Waals surface area contributed by atoms with Crippen LogP contribution in [0.3, 0.4) is 0 Å². The zero-order valence-corrected chi connectivity index (χ0v) is 28.8. The molecule has 0 aliphatic rings. The highest BCUT2D eigenvalue weighted by atomic mass is 32.2. The van der Waals surface area contributed by atoms with Crippen LogP contribution in [-0.4, -0.2) is 37.4 Å². The minimum absolute atomic E-state index is 0.307. The van der Waals surface area contributed by atoms with Crippen LogP contribution in [0.15, 0.2) is 83.8 Å². The van der Waals surface area contributed by atoms with Crippen molar-refractivity contribution in [3.63, 3.8) is 0 Å². The summed E-state index contributed by atoms with van der Waals surface area (Å²) >= 11 is 1.59. The van der Waals surface area contributed by atoms with E-state index in [0.717, 1.165) is 29.9 Å². The zero-order chi connectivity index (χ0) is 33.9. The maximum absolute atomic E-state index is 12.8. The molecule has 7 nitrogen and oxygen atoms in total. The van der Waals surface area contributed by atoms with Gasteiger partial charge >= 0.3 is 17.9 Å². The van der Waals surface area contributed by atoms with Crippen LogP contribution in [0.5, 0.6) is 17.2 Å². The van der Waals surface area contributed by atoms with Crippen LogP contribution in [0.4, 0.5) is 0 Å². The monoisotopic (exact) mass is 660 g/mol. The predicted molar refractivity (Wildman–Crippen MR) is 188 cm³/mol. The molecule has 3 rings (SSSR count). The number of hydrogen-bond acceptors (Lipinski definition) is 8. The Morgan fingerprint density at radius 1 is 0.702 bits per heavy atom. The van der Waals surface area contributed by atoms with Crippen LogP contribution in [0.2, 0.25) is 0 Å². The fourth-order valence-electron chi connectivity index (χ4n) is 4.77. The van der Waals surface area contributed by atoms with E-state index in [-0.39, 0.29) is 5.97 Å². The molecule has 0 fully saturated rings. The van der Waals surface area contributed by atoms with Gasteiger partial charge in [-0.25, -0.2) is 14.4 Å². The molecule has 0 spiro atoms. The second kappa shape index (κ2) is 21.0. The number of benzene rings is 3. The summed E-state index contributed by atoms with van der Waals surface area (Å²) in [5.41, 5.74) is 2.32. The molecule has 0 saturated heterocycles. The molecule has 252 valence electrons. The van der Waals surface area contributed by atoms with Gasteiger partial charge in [-0.1, -0.05) is 70.6 Å². The van der Waals surface area contributed by atoms with Gasteiger partial charge in [-0.2, -0.15) is 0 Å². The van der Waals surface area contributed by atoms with Crippen molar-refractivity contribution in [1.82, 2.24) is 0 Å². The SMILES string of the molecule is C=C(C)C(=O)OCCCCSc1ccc(C(=O)Oc2ccc(C(=O)Oc3ccc(CCCCCCCCCC)cc3)cc2)cc1OC. The fourth-order valence-corrected chi connectivity index (χ4v) is 5.78. The molecule has 0 heterocycles. The van der Waals surface area contributed by atoms with Crippen LogP contribution in [0, 0.1) is 0 Å². The predicted octanol–water partition coefficient (Wildman–Crippen LogP) is 9.81. The first-order valence-electron chi connectivity index (χ1n) is 16.6. The molecule has 8 heteroatoms. The third kappa shape index (κ3) is 13.7. The van der Waals surface area contributed by atoms with Crippen LogP contribution in [0.1, 0.15) is 104 Å². The average molecular weight is 661 g/mol. The lowest BCUT2D eigenvalue weighted by atomic mass is 10.0. The van der Waals surface area contributed by atoms with Gasteiger partial charge < -0.3 is 18.9 Å². The summed E-state index contributed by atoms with van der Waals surface area (Å²) in [6, 6.07) is 19.1. The quantitative estimate of drug-likeness (QED) is 0.0367. The lowest BCUT2D eigenvalue weighted by Crippen LogP contribution is -2.10. The lowest BCUT2D eigenvalue weighted by molar-refractivity contribution is -0.139. The van der Waals surface area contributed by atoms with Crippen molar-refractivity contribution in [3.05, 3.63) is 95.6 Å². The van der Waals surface area contributed by atoms with Gasteiger partial charge in [0.2, 0.25) is 0 Å². The minimum atomic E-state index is -0.540.